The number of carbonyl (C=O) groups is 1. The van der Waals surface area contributed by atoms with E-state index in [1.807, 2.05) is 17.7 Å². The first-order chi connectivity index (χ1) is 13.0. The molecular formula is C16H19N9OS. The number of rotatable bonds is 8. The van der Waals surface area contributed by atoms with Gasteiger partial charge >= 0.3 is 0 Å². The monoisotopic (exact) mass is 385 g/mol. The highest BCUT2D eigenvalue weighted by Gasteiger charge is 2.20. The molecule has 0 aliphatic carbocycles. The van der Waals surface area contributed by atoms with Crippen LogP contribution in [0, 0.1) is 5.41 Å². The third-order valence-corrected chi connectivity index (χ3v) is 4.98. The lowest BCUT2D eigenvalue weighted by Crippen LogP contribution is -2.09. The first-order valence-electron chi connectivity index (χ1n) is 7.98. The van der Waals surface area contributed by atoms with Gasteiger partial charge in [-0.25, -0.2) is 10.4 Å². The molecule has 0 fully saturated rings. The fourth-order valence-corrected chi connectivity index (χ4v) is 3.88. The predicted octanol–water partition coefficient (Wildman–Crippen LogP) is 0.250. The number of hydrazone groups is 1. The maximum atomic E-state index is 10.5. The molecule has 3 aromatic rings. The molecule has 0 aromatic carbocycles. The van der Waals surface area contributed by atoms with Gasteiger partial charge in [0.2, 0.25) is 6.41 Å². The number of amides is 1. The Morgan fingerprint density at radius 2 is 2.33 bits per heavy atom. The molecule has 0 aliphatic rings. The van der Waals surface area contributed by atoms with E-state index in [0.717, 1.165) is 32.3 Å². The zero-order chi connectivity index (χ0) is 19.4. The van der Waals surface area contributed by atoms with Crippen LogP contribution >= 0.6 is 11.3 Å². The van der Waals surface area contributed by atoms with Gasteiger partial charge in [-0.3, -0.25) is 4.79 Å². The summed E-state index contributed by atoms with van der Waals surface area (Å²) in [5.74, 6) is 5.63. The van der Waals surface area contributed by atoms with Gasteiger partial charge in [-0.2, -0.15) is 15.0 Å². The van der Waals surface area contributed by atoms with Gasteiger partial charge in [-0.1, -0.05) is 0 Å². The number of allylic oxidation sites excluding steroid dienone is 1. The number of carbonyl (C=O) groups excluding carboxylic acids is 1. The van der Waals surface area contributed by atoms with Crippen molar-refractivity contribution in [1.82, 2.24) is 24.9 Å². The second kappa shape index (κ2) is 7.83. The molecule has 10 nitrogen and oxygen atoms in total. The summed E-state index contributed by atoms with van der Waals surface area (Å²) in [4.78, 5) is 16.4. The van der Waals surface area contributed by atoms with Crippen LogP contribution in [0.1, 0.15) is 22.0 Å². The van der Waals surface area contributed by atoms with Gasteiger partial charge in [0.1, 0.15) is 5.01 Å². The molecule has 0 radical (unpaired) electrons. The van der Waals surface area contributed by atoms with Crippen LogP contribution in [-0.4, -0.2) is 37.8 Å². The lowest BCUT2D eigenvalue weighted by atomic mass is 10.1. The molecule has 3 rings (SSSR count). The summed E-state index contributed by atoms with van der Waals surface area (Å²) in [6.45, 7) is 0. The van der Waals surface area contributed by atoms with Crippen LogP contribution in [0.5, 0.6) is 0 Å². The SMILES string of the molecule is Cn1c(Cc2ccn(N)n2)c(/C=N\NC=O)c2sc(CC(=N)/C=C\N)nc21. The molecular weight excluding hydrogens is 366 g/mol. The second-order valence-electron chi connectivity index (χ2n) is 5.71. The molecule has 0 saturated heterocycles. The number of aromatic nitrogens is 4. The Kier molecular flexibility index (Phi) is 5.31. The predicted molar refractivity (Wildman–Crippen MR) is 105 cm³/mol. The molecule has 0 aliphatic heterocycles. The van der Waals surface area contributed by atoms with E-state index < -0.39 is 0 Å². The highest BCUT2D eigenvalue weighted by Crippen LogP contribution is 2.31. The minimum absolute atomic E-state index is 0.378. The van der Waals surface area contributed by atoms with E-state index in [9.17, 15) is 4.79 Å². The van der Waals surface area contributed by atoms with Crippen LogP contribution < -0.4 is 17.0 Å². The Labute approximate surface area is 158 Å². The zero-order valence-corrected chi connectivity index (χ0v) is 15.4. The Bertz CT molecular complexity index is 1040. The fraction of sp³-hybridized carbons (Fsp3) is 0.188. The van der Waals surface area contributed by atoms with Gasteiger partial charge in [0, 0.05) is 43.1 Å². The number of thiazole rings is 1. The summed E-state index contributed by atoms with van der Waals surface area (Å²) >= 11 is 1.48. The third kappa shape index (κ3) is 3.87. The number of nitrogens with one attached hydrogen (secondary N) is 2. The lowest BCUT2D eigenvalue weighted by molar-refractivity contribution is -0.109. The topological polar surface area (TPSA) is 153 Å². The quantitative estimate of drug-likeness (QED) is 0.189. The normalized spacial score (nSPS) is 11.7. The maximum Gasteiger partial charge on any atom is 0.227 e. The molecule has 1 amide bonds. The van der Waals surface area contributed by atoms with Crippen LogP contribution in [0.15, 0.2) is 29.6 Å². The van der Waals surface area contributed by atoms with Gasteiger partial charge in [-0.15, -0.1) is 11.3 Å². The first-order valence-corrected chi connectivity index (χ1v) is 8.79. The van der Waals surface area contributed by atoms with Gasteiger partial charge in [0.15, 0.2) is 5.65 Å². The van der Waals surface area contributed by atoms with E-state index in [1.165, 1.54) is 28.4 Å². The van der Waals surface area contributed by atoms with Crippen molar-refractivity contribution in [1.29, 1.82) is 5.41 Å². The largest absolute Gasteiger partial charge is 0.405 e. The molecule has 27 heavy (non-hydrogen) atoms. The van der Waals surface area contributed by atoms with E-state index in [1.54, 1.807) is 12.4 Å². The highest BCUT2D eigenvalue weighted by molar-refractivity contribution is 7.19. The van der Waals surface area contributed by atoms with Crippen LogP contribution in [0.2, 0.25) is 0 Å². The molecule has 3 aromatic heterocycles. The van der Waals surface area contributed by atoms with Crippen molar-refractivity contribution in [2.75, 3.05) is 5.84 Å². The number of nitrogens with two attached hydrogens (primary N) is 2. The van der Waals surface area contributed by atoms with Crippen molar-refractivity contribution in [2.45, 2.75) is 12.8 Å². The second-order valence-corrected chi connectivity index (χ2v) is 6.79. The van der Waals surface area contributed by atoms with Crippen LogP contribution in [0.4, 0.5) is 0 Å². The highest BCUT2D eigenvalue weighted by atomic mass is 32.1. The zero-order valence-electron chi connectivity index (χ0n) is 14.6. The molecule has 0 atom stereocenters. The van der Waals surface area contributed by atoms with Crippen LogP contribution in [-0.2, 0) is 24.7 Å². The Morgan fingerprint density at radius 3 is 3.00 bits per heavy atom. The molecule has 11 heteroatoms. The van der Waals surface area contributed by atoms with Crippen molar-refractivity contribution in [3.63, 3.8) is 0 Å². The Balaban J connectivity index is 2.03. The summed E-state index contributed by atoms with van der Waals surface area (Å²) in [7, 11) is 1.91. The van der Waals surface area contributed by atoms with E-state index in [0.29, 0.717) is 25.0 Å². The smallest absolute Gasteiger partial charge is 0.227 e. The van der Waals surface area contributed by atoms with Crippen molar-refractivity contribution in [3.05, 3.63) is 46.5 Å². The third-order valence-electron chi connectivity index (χ3n) is 3.90. The van der Waals surface area contributed by atoms with Crippen LogP contribution in [0.25, 0.3) is 10.3 Å². The molecule has 0 bridgehead atoms. The molecule has 0 spiro atoms. The minimum Gasteiger partial charge on any atom is -0.405 e. The van der Waals surface area contributed by atoms with Crippen molar-refractivity contribution in [3.8, 4) is 0 Å². The average Bonchev–Trinajstić information content (AvgIpc) is 3.28. The number of aryl methyl sites for hydroxylation is 1. The summed E-state index contributed by atoms with van der Waals surface area (Å²) in [5.41, 5.74) is 11.4. The Morgan fingerprint density at radius 1 is 1.52 bits per heavy atom. The maximum absolute atomic E-state index is 10.5. The number of nitrogens with zero attached hydrogens (tertiary/aromatic N) is 5. The van der Waals surface area contributed by atoms with Gasteiger partial charge < -0.3 is 21.6 Å². The number of hydrogen-bond acceptors (Lipinski definition) is 8. The summed E-state index contributed by atoms with van der Waals surface area (Å²) in [6.07, 6.45) is 7.58. The van der Waals surface area contributed by atoms with Gasteiger partial charge in [0.25, 0.3) is 0 Å². The molecule has 140 valence electrons. The molecule has 3 heterocycles. The summed E-state index contributed by atoms with van der Waals surface area (Å²) in [6, 6.07) is 1.84. The van der Waals surface area contributed by atoms with Crippen LogP contribution in [0.3, 0.4) is 0 Å². The number of nitrogen functional groups attached to an aromatic ring is 1. The molecule has 0 unspecified atom stereocenters. The lowest BCUT2D eigenvalue weighted by Gasteiger charge is -2.04. The van der Waals surface area contributed by atoms with E-state index in [-0.39, 0.29) is 0 Å². The van der Waals surface area contributed by atoms with E-state index >= 15 is 0 Å². The first kappa shape index (κ1) is 18.3. The van der Waals surface area contributed by atoms with Gasteiger partial charge in [0.05, 0.1) is 16.6 Å². The summed E-state index contributed by atoms with van der Waals surface area (Å²) < 4.78 is 2.89. The van der Waals surface area contributed by atoms with Gasteiger partial charge in [-0.05, 0) is 18.3 Å². The number of hydrogen-bond donors (Lipinski definition) is 4. The van der Waals surface area contributed by atoms with Crippen molar-refractivity contribution in [2.24, 2.45) is 17.9 Å². The van der Waals surface area contributed by atoms with Crippen molar-refractivity contribution >= 4 is 40.0 Å². The molecule has 0 saturated carbocycles. The average molecular weight is 385 g/mol. The standard InChI is InChI=1S/C16H19N9OS/c1-24-13(7-11-3-5-25(19)23-11)12(8-20-21-9-26)15-16(24)22-14(27-15)6-10(18)2-4-17/h2-5,8-9,18H,6-7,17,19H2,1H3,(H,21,26)/b4-2-,18-10?,20-8-. The summed E-state index contributed by atoms with van der Waals surface area (Å²) in [5, 5.41) is 16.8. The molecule has 6 N–H and O–H groups in total. The fourth-order valence-electron chi connectivity index (χ4n) is 2.73. The van der Waals surface area contributed by atoms with E-state index in [2.05, 4.69) is 20.6 Å². The van der Waals surface area contributed by atoms with E-state index in [4.69, 9.17) is 17.0 Å². The minimum atomic E-state index is 0.378. The van der Waals surface area contributed by atoms with Crippen molar-refractivity contribution < 1.29 is 4.79 Å². The Hall–Kier alpha value is -3.47. The number of fused-ring (bicyclic) bond motifs is 1.